The summed E-state index contributed by atoms with van der Waals surface area (Å²) in [7, 11) is 0. The fourth-order valence-corrected chi connectivity index (χ4v) is 1.47. The zero-order valence-electron chi connectivity index (χ0n) is 9.26. The molecular formula is C13H16N2S. The number of rotatable bonds is 1. The maximum Gasteiger partial charge on any atom is 0.0314 e. The molecule has 2 aromatic rings. The highest BCUT2D eigenvalue weighted by molar-refractivity contribution is 7.98. The van der Waals surface area contributed by atoms with E-state index in [9.17, 15) is 0 Å². The molecule has 0 aliphatic heterocycles. The second-order valence-corrected chi connectivity index (χ2v) is 4.06. The Labute approximate surface area is 101 Å². The van der Waals surface area contributed by atoms with Gasteiger partial charge in [0.15, 0.2) is 0 Å². The number of benzene rings is 2. The Balaban J connectivity index is 0.000000165. The van der Waals surface area contributed by atoms with Crippen LogP contribution < -0.4 is 11.5 Å². The average Bonchev–Trinajstić information content (AvgIpc) is 2.32. The summed E-state index contributed by atoms with van der Waals surface area (Å²) in [5.41, 5.74) is 12.5. The Hall–Kier alpha value is -1.61. The number of para-hydroxylation sites is 1. The summed E-state index contributed by atoms with van der Waals surface area (Å²) >= 11 is 1.72. The van der Waals surface area contributed by atoms with E-state index in [2.05, 4.69) is 0 Å². The average molecular weight is 232 g/mol. The zero-order valence-corrected chi connectivity index (χ0v) is 10.1. The molecule has 2 aromatic carbocycles. The molecule has 0 radical (unpaired) electrons. The zero-order chi connectivity index (χ0) is 11.8. The van der Waals surface area contributed by atoms with Crippen molar-refractivity contribution in [2.75, 3.05) is 17.7 Å². The smallest absolute Gasteiger partial charge is 0.0314 e. The van der Waals surface area contributed by atoms with Crippen LogP contribution in [0.3, 0.4) is 0 Å². The molecule has 0 fully saturated rings. The van der Waals surface area contributed by atoms with Gasteiger partial charge in [0.1, 0.15) is 0 Å². The standard InChI is InChI=1S/C7H9NS.C6H7N/c1-9-7-4-2-6(8)3-5-7;7-6-4-2-1-3-5-6/h2-5H,8H2,1H3;1-5H,7H2. The number of nitrogen functional groups attached to an aromatic ring is 2. The van der Waals surface area contributed by atoms with Crippen LogP contribution in [0.5, 0.6) is 0 Å². The Kier molecular flexibility index (Phi) is 5.29. The fourth-order valence-electron chi connectivity index (χ4n) is 1.06. The molecule has 0 aromatic heterocycles. The predicted octanol–water partition coefficient (Wildman–Crippen LogP) is 3.26. The molecule has 0 bridgehead atoms. The van der Waals surface area contributed by atoms with Crippen LogP contribution in [0.15, 0.2) is 59.5 Å². The molecule has 0 aliphatic rings. The second-order valence-electron chi connectivity index (χ2n) is 3.18. The first kappa shape index (κ1) is 12.5. The highest BCUT2D eigenvalue weighted by Crippen LogP contribution is 2.15. The molecule has 3 heteroatoms. The highest BCUT2D eigenvalue weighted by Gasteiger charge is 1.85. The molecule has 0 unspecified atom stereocenters. The van der Waals surface area contributed by atoms with Crippen LogP contribution in [-0.4, -0.2) is 6.26 Å². The molecule has 0 heterocycles. The maximum atomic E-state index is 5.47. The monoisotopic (exact) mass is 232 g/mol. The van der Waals surface area contributed by atoms with Crippen molar-refractivity contribution in [1.29, 1.82) is 0 Å². The van der Waals surface area contributed by atoms with Crippen LogP contribution in [0.2, 0.25) is 0 Å². The van der Waals surface area contributed by atoms with Crippen LogP contribution >= 0.6 is 11.8 Å². The maximum absolute atomic E-state index is 5.47. The van der Waals surface area contributed by atoms with Crippen molar-refractivity contribution >= 4 is 23.1 Å². The van der Waals surface area contributed by atoms with E-state index in [0.717, 1.165) is 11.4 Å². The van der Waals surface area contributed by atoms with Crippen LogP contribution in [0.4, 0.5) is 11.4 Å². The van der Waals surface area contributed by atoms with Crippen molar-refractivity contribution in [2.24, 2.45) is 0 Å². The summed E-state index contributed by atoms with van der Waals surface area (Å²) in [6.07, 6.45) is 2.05. The summed E-state index contributed by atoms with van der Waals surface area (Å²) in [4.78, 5) is 1.25. The molecule has 0 amide bonds. The largest absolute Gasteiger partial charge is 0.399 e. The minimum absolute atomic E-state index is 0.822. The predicted molar refractivity (Wildman–Crippen MR) is 73.5 cm³/mol. The molecule has 2 nitrogen and oxygen atoms in total. The summed E-state index contributed by atoms with van der Waals surface area (Å²) in [6, 6.07) is 17.3. The van der Waals surface area contributed by atoms with E-state index in [0.29, 0.717) is 0 Å². The van der Waals surface area contributed by atoms with Crippen molar-refractivity contribution in [1.82, 2.24) is 0 Å². The van der Waals surface area contributed by atoms with Gasteiger partial charge >= 0.3 is 0 Å². The number of hydrogen-bond acceptors (Lipinski definition) is 3. The van der Waals surface area contributed by atoms with Crippen molar-refractivity contribution in [3.63, 3.8) is 0 Å². The van der Waals surface area contributed by atoms with Crippen LogP contribution in [0.25, 0.3) is 0 Å². The van der Waals surface area contributed by atoms with Gasteiger partial charge in [-0.05, 0) is 42.7 Å². The molecule has 0 spiro atoms. The molecule has 4 N–H and O–H groups in total. The van der Waals surface area contributed by atoms with Gasteiger partial charge in [-0.1, -0.05) is 18.2 Å². The molecule has 0 saturated heterocycles. The minimum atomic E-state index is 0.822. The molecule has 2 rings (SSSR count). The third-order valence-corrected chi connectivity index (χ3v) is 2.66. The van der Waals surface area contributed by atoms with Gasteiger partial charge in [0.05, 0.1) is 0 Å². The van der Waals surface area contributed by atoms with E-state index in [1.54, 1.807) is 11.8 Å². The van der Waals surface area contributed by atoms with E-state index in [1.807, 2.05) is 60.9 Å². The Morgan fingerprint density at radius 1 is 0.750 bits per heavy atom. The van der Waals surface area contributed by atoms with E-state index >= 15 is 0 Å². The van der Waals surface area contributed by atoms with Gasteiger partial charge in [0.25, 0.3) is 0 Å². The minimum Gasteiger partial charge on any atom is -0.399 e. The van der Waals surface area contributed by atoms with Gasteiger partial charge in [0.2, 0.25) is 0 Å². The van der Waals surface area contributed by atoms with Gasteiger partial charge in [-0.25, -0.2) is 0 Å². The fraction of sp³-hybridized carbons (Fsp3) is 0.0769. The van der Waals surface area contributed by atoms with Crippen LogP contribution in [0.1, 0.15) is 0 Å². The quantitative estimate of drug-likeness (QED) is 0.586. The Morgan fingerprint density at radius 2 is 1.25 bits per heavy atom. The van der Waals surface area contributed by atoms with E-state index < -0.39 is 0 Å². The summed E-state index contributed by atoms with van der Waals surface area (Å²) in [5, 5.41) is 0. The molecular weight excluding hydrogens is 216 g/mol. The Morgan fingerprint density at radius 3 is 1.62 bits per heavy atom. The molecule has 0 atom stereocenters. The normalized spacial score (nSPS) is 9.06. The van der Waals surface area contributed by atoms with E-state index in [4.69, 9.17) is 11.5 Å². The summed E-state index contributed by atoms with van der Waals surface area (Å²) in [6.45, 7) is 0. The third-order valence-electron chi connectivity index (χ3n) is 1.92. The lowest BCUT2D eigenvalue weighted by Crippen LogP contribution is -1.81. The van der Waals surface area contributed by atoms with Gasteiger partial charge in [-0.3, -0.25) is 0 Å². The third kappa shape index (κ3) is 4.75. The first-order chi connectivity index (χ1) is 7.72. The Bertz CT molecular complexity index is 398. The van der Waals surface area contributed by atoms with E-state index in [1.165, 1.54) is 4.90 Å². The number of nitrogens with two attached hydrogens (primary N) is 2. The van der Waals surface area contributed by atoms with Crippen LogP contribution in [0, 0.1) is 0 Å². The molecule has 0 saturated carbocycles. The number of hydrogen-bond donors (Lipinski definition) is 2. The van der Waals surface area contributed by atoms with Crippen molar-refractivity contribution in [3.8, 4) is 0 Å². The number of thioether (sulfide) groups is 1. The summed E-state index contributed by atoms with van der Waals surface area (Å²) in [5.74, 6) is 0. The van der Waals surface area contributed by atoms with Gasteiger partial charge < -0.3 is 11.5 Å². The highest BCUT2D eigenvalue weighted by atomic mass is 32.2. The number of anilines is 2. The van der Waals surface area contributed by atoms with Gasteiger partial charge in [0, 0.05) is 16.3 Å². The molecule has 0 aliphatic carbocycles. The molecule has 84 valence electrons. The molecule has 16 heavy (non-hydrogen) atoms. The topological polar surface area (TPSA) is 52.0 Å². The first-order valence-electron chi connectivity index (χ1n) is 4.92. The van der Waals surface area contributed by atoms with Gasteiger partial charge in [-0.15, -0.1) is 11.8 Å². The van der Waals surface area contributed by atoms with Gasteiger partial charge in [-0.2, -0.15) is 0 Å². The first-order valence-corrected chi connectivity index (χ1v) is 6.15. The lowest BCUT2D eigenvalue weighted by molar-refractivity contribution is 1.47. The lowest BCUT2D eigenvalue weighted by atomic mass is 10.3. The lowest BCUT2D eigenvalue weighted by Gasteiger charge is -1.94. The van der Waals surface area contributed by atoms with E-state index in [-0.39, 0.29) is 0 Å². The summed E-state index contributed by atoms with van der Waals surface area (Å²) < 4.78 is 0. The second kappa shape index (κ2) is 6.80. The van der Waals surface area contributed by atoms with Crippen molar-refractivity contribution in [2.45, 2.75) is 4.90 Å². The van der Waals surface area contributed by atoms with Crippen LogP contribution in [-0.2, 0) is 0 Å². The van der Waals surface area contributed by atoms with Crippen molar-refractivity contribution < 1.29 is 0 Å². The SMILES string of the molecule is CSc1ccc(N)cc1.Nc1ccccc1. The van der Waals surface area contributed by atoms with Crippen molar-refractivity contribution in [3.05, 3.63) is 54.6 Å².